The van der Waals surface area contributed by atoms with E-state index in [1.54, 1.807) is 7.11 Å². The number of benzene rings is 1. The summed E-state index contributed by atoms with van der Waals surface area (Å²) in [7, 11) is 1.73. The zero-order valence-corrected chi connectivity index (χ0v) is 12.0. The molecule has 1 aliphatic carbocycles. The summed E-state index contributed by atoms with van der Waals surface area (Å²) in [5, 5.41) is 3.53. The molecule has 19 heavy (non-hydrogen) atoms. The maximum absolute atomic E-state index is 5.81. The second-order valence-electron chi connectivity index (χ2n) is 5.49. The standard InChI is InChI=1S/C16H25NO2/c1-13(11-17-15-5-6-15)12-19-16-7-3-14(4-8-16)9-10-18-2/h3-4,7-8,13,15,17H,5-6,9-12H2,1-2H3. The summed E-state index contributed by atoms with van der Waals surface area (Å²) in [6.07, 6.45) is 3.64. The molecule has 1 aliphatic rings. The zero-order valence-electron chi connectivity index (χ0n) is 12.0. The molecule has 0 bridgehead atoms. The molecular weight excluding hydrogens is 238 g/mol. The van der Waals surface area contributed by atoms with Crippen molar-refractivity contribution < 1.29 is 9.47 Å². The first-order valence-corrected chi connectivity index (χ1v) is 7.22. The van der Waals surface area contributed by atoms with Crippen molar-refractivity contribution in [2.45, 2.75) is 32.2 Å². The molecule has 1 unspecified atom stereocenters. The van der Waals surface area contributed by atoms with Crippen LogP contribution in [-0.4, -0.2) is 32.9 Å². The fourth-order valence-corrected chi connectivity index (χ4v) is 1.92. The van der Waals surface area contributed by atoms with Crippen molar-refractivity contribution in [3.8, 4) is 5.75 Å². The van der Waals surface area contributed by atoms with Crippen molar-refractivity contribution in [1.82, 2.24) is 5.32 Å². The molecule has 1 N–H and O–H groups in total. The van der Waals surface area contributed by atoms with Crippen LogP contribution in [0.15, 0.2) is 24.3 Å². The van der Waals surface area contributed by atoms with Gasteiger partial charge in [-0.2, -0.15) is 0 Å². The Morgan fingerprint density at radius 2 is 2.00 bits per heavy atom. The minimum Gasteiger partial charge on any atom is -0.493 e. The molecule has 0 radical (unpaired) electrons. The molecule has 1 saturated carbocycles. The van der Waals surface area contributed by atoms with Crippen molar-refractivity contribution in [2.75, 3.05) is 26.9 Å². The topological polar surface area (TPSA) is 30.5 Å². The maximum Gasteiger partial charge on any atom is 0.119 e. The highest BCUT2D eigenvalue weighted by Crippen LogP contribution is 2.19. The highest BCUT2D eigenvalue weighted by Gasteiger charge is 2.20. The summed E-state index contributed by atoms with van der Waals surface area (Å²) in [4.78, 5) is 0. The van der Waals surface area contributed by atoms with Gasteiger partial charge in [-0.1, -0.05) is 19.1 Å². The van der Waals surface area contributed by atoms with Gasteiger partial charge in [-0.15, -0.1) is 0 Å². The Bertz CT molecular complexity index is 360. The lowest BCUT2D eigenvalue weighted by molar-refractivity contribution is 0.202. The first kappa shape index (κ1) is 14.4. The van der Waals surface area contributed by atoms with Gasteiger partial charge in [0.05, 0.1) is 13.2 Å². The monoisotopic (exact) mass is 263 g/mol. The Balaban J connectivity index is 1.66. The fraction of sp³-hybridized carbons (Fsp3) is 0.625. The van der Waals surface area contributed by atoms with E-state index in [9.17, 15) is 0 Å². The van der Waals surface area contributed by atoms with Gasteiger partial charge in [0.25, 0.3) is 0 Å². The van der Waals surface area contributed by atoms with Crippen LogP contribution < -0.4 is 10.1 Å². The quantitative estimate of drug-likeness (QED) is 0.743. The molecule has 0 amide bonds. The van der Waals surface area contributed by atoms with Crippen LogP contribution in [0.4, 0.5) is 0 Å². The second kappa shape index (κ2) is 7.51. The summed E-state index contributed by atoms with van der Waals surface area (Å²) < 4.78 is 10.9. The Kier molecular flexibility index (Phi) is 5.67. The average molecular weight is 263 g/mol. The minimum absolute atomic E-state index is 0.550. The molecule has 106 valence electrons. The van der Waals surface area contributed by atoms with Gasteiger partial charge in [0.15, 0.2) is 0 Å². The normalized spacial score (nSPS) is 16.3. The Morgan fingerprint density at radius 1 is 1.26 bits per heavy atom. The maximum atomic E-state index is 5.81. The SMILES string of the molecule is COCCc1ccc(OCC(C)CNC2CC2)cc1. The molecule has 0 spiro atoms. The van der Waals surface area contributed by atoms with Gasteiger partial charge < -0.3 is 14.8 Å². The van der Waals surface area contributed by atoms with Crippen molar-refractivity contribution in [2.24, 2.45) is 5.92 Å². The number of methoxy groups -OCH3 is 1. The van der Waals surface area contributed by atoms with Crippen molar-refractivity contribution >= 4 is 0 Å². The third-order valence-corrected chi connectivity index (χ3v) is 3.39. The lowest BCUT2D eigenvalue weighted by Crippen LogP contribution is -2.26. The molecule has 3 heteroatoms. The summed E-state index contributed by atoms with van der Waals surface area (Å²) in [5.41, 5.74) is 1.29. The Hall–Kier alpha value is -1.06. The summed E-state index contributed by atoms with van der Waals surface area (Å²) >= 11 is 0. The van der Waals surface area contributed by atoms with Crippen molar-refractivity contribution in [3.05, 3.63) is 29.8 Å². The number of rotatable bonds is 9. The van der Waals surface area contributed by atoms with Crippen molar-refractivity contribution in [1.29, 1.82) is 0 Å². The second-order valence-corrected chi connectivity index (χ2v) is 5.49. The van der Waals surface area contributed by atoms with Crippen LogP contribution in [-0.2, 0) is 11.2 Å². The third kappa shape index (κ3) is 5.62. The first-order chi connectivity index (χ1) is 9.28. The largest absolute Gasteiger partial charge is 0.493 e. The smallest absolute Gasteiger partial charge is 0.119 e. The lowest BCUT2D eigenvalue weighted by Gasteiger charge is -2.14. The zero-order chi connectivity index (χ0) is 13.5. The van der Waals surface area contributed by atoms with E-state index >= 15 is 0 Å². The van der Waals surface area contributed by atoms with Gasteiger partial charge in [-0.25, -0.2) is 0 Å². The van der Waals surface area contributed by atoms with Gasteiger partial charge in [-0.05, 0) is 37.0 Å². The average Bonchev–Trinajstić information content (AvgIpc) is 3.26. The number of hydrogen-bond donors (Lipinski definition) is 1. The van der Waals surface area contributed by atoms with Gasteiger partial charge in [0, 0.05) is 25.6 Å². The van der Waals surface area contributed by atoms with Gasteiger partial charge in [0.1, 0.15) is 5.75 Å². The van der Waals surface area contributed by atoms with Gasteiger partial charge >= 0.3 is 0 Å². The van der Waals surface area contributed by atoms with Gasteiger partial charge in [0.2, 0.25) is 0 Å². The van der Waals surface area contributed by atoms with Gasteiger partial charge in [-0.3, -0.25) is 0 Å². The van der Waals surface area contributed by atoms with Crippen LogP contribution in [0.5, 0.6) is 5.75 Å². The van der Waals surface area contributed by atoms with E-state index in [-0.39, 0.29) is 0 Å². The minimum atomic E-state index is 0.550. The summed E-state index contributed by atoms with van der Waals surface area (Å²) in [5.74, 6) is 1.51. The molecule has 2 rings (SSSR count). The predicted octanol–water partition coefficient (Wildman–Crippen LogP) is 2.64. The predicted molar refractivity (Wildman–Crippen MR) is 77.7 cm³/mol. The molecule has 1 aromatic carbocycles. The Labute approximate surface area is 116 Å². The molecule has 0 aromatic heterocycles. The highest BCUT2D eigenvalue weighted by molar-refractivity contribution is 5.27. The molecular formula is C16H25NO2. The molecule has 0 saturated heterocycles. The molecule has 3 nitrogen and oxygen atoms in total. The summed E-state index contributed by atoms with van der Waals surface area (Å²) in [6, 6.07) is 9.10. The molecule has 0 heterocycles. The Morgan fingerprint density at radius 3 is 2.63 bits per heavy atom. The molecule has 1 atom stereocenters. The lowest BCUT2D eigenvalue weighted by atomic mass is 10.1. The van der Waals surface area contributed by atoms with Crippen LogP contribution in [0.1, 0.15) is 25.3 Å². The van der Waals surface area contributed by atoms with E-state index in [0.29, 0.717) is 5.92 Å². The molecule has 1 fully saturated rings. The van der Waals surface area contributed by atoms with Crippen LogP contribution in [0, 0.1) is 5.92 Å². The first-order valence-electron chi connectivity index (χ1n) is 7.22. The number of hydrogen-bond acceptors (Lipinski definition) is 3. The third-order valence-electron chi connectivity index (χ3n) is 3.39. The van der Waals surface area contributed by atoms with E-state index in [4.69, 9.17) is 9.47 Å². The van der Waals surface area contributed by atoms with E-state index < -0.39 is 0 Å². The van der Waals surface area contributed by atoms with E-state index in [2.05, 4.69) is 24.4 Å². The van der Waals surface area contributed by atoms with Crippen LogP contribution in [0.3, 0.4) is 0 Å². The highest BCUT2D eigenvalue weighted by atomic mass is 16.5. The van der Waals surface area contributed by atoms with Crippen LogP contribution >= 0.6 is 0 Å². The van der Waals surface area contributed by atoms with E-state index in [1.807, 2.05) is 12.1 Å². The fourth-order valence-electron chi connectivity index (χ4n) is 1.92. The number of nitrogens with one attached hydrogen (secondary N) is 1. The molecule has 1 aromatic rings. The van der Waals surface area contributed by atoms with Crippen LogP contribution in [0.25, 0.3) is 0 Å². The van der Waals surface area contributed by atoms with E-state index in [0.717, 1.165) is 38.0 Å². The van der Waals surface area contributed by atoms with E-state index in [1.165, 1.54) is 18.4 Å². The summed E-state index contributed by atoms with van der Waals surface area (Å²) in [6.45, 7) is 4.82. The molecule has 0 aliphatic heterocycles. The number of ether oxygens (including phenoxy) is 2. The van der Waals surface area contributed by atoms with Crippen LogP contribution in [0.2, 0.25) is 0 Å². The van der Waals surface area contributed by atoms with Crippen molar-refractivity contribution in [3.63, 3.8) is 0 Å².